The molecule has 8 nitrogen and oxygen atoms in total. The van der Waals surface area contributed by atoms with Crippen LogP contribution >= 0.6 is 0 Å². The minimum Gasteiger partial charge on any atom is -0.425 e. The molecule has 1 aromatic heterocycles. The van der Waals surface area contributed by atoms with Crippen LogP contribution in [0.1, 0.15) is 56.2 Å². The fourth-order valence-corrected chi connectivity index (χ4v) is 3.68. The molecule has 0 bridgehead atoms. The van der Waals surface area contributed by atoms with Crippen LogP contribution in [0.2, 0.25) is 0 Å². The Morgan fingerprint density at radius 3 is 2.30 bits per heavy atom. The second-order valence-corrected chi connectivity index (χ2v) is 7.97. The smallest absolute Gasteiger partial charge is 0.425 e. The van der Waals surface area contributed by atoms with Gasteiger partial charge in [0.05, 0.1) is 18.3 Å². The lowest BCUT2D eigenvalue weighted by molar-refractivity contribution is -0.352. The Morgan fingerprint density at radius 2 is 1.64 bits per heavy atom. The number of carbonyl (C=O) groups is 1. The molecule has 186 valence electrons. The number of hydrogen-bond donors (Lipinski definition) is 1. The van der Waals surface area contributed by atoms with Gasteiger partial charge in [-0.1, -0.05) is 6.58 Å². The van der Waals surface area contributed by atoms with Crippen molar-refractivity contribution in [2.45, 2.75) is 81.9 Å². The quantitative estimate of drug-likeness (QED) is 0.501. The van der Waals surface area contributed by atoms with Crippen LogP contribution in [-0.2, 0) is 25.4 Å². The molecule has 0 aromatic carbocycles. The molecule has 0 saturated heterocycles. The average Bonchev–Trinajstić information content (AvgIpc) is 3.28. The van der Waals surface area contributed by atoms with Crippen molar-refractivity contribution in [3.8, 4) is 0 Å². The predicted octanol–water partition coefficient (Wildman–Crippen LogP) is 3.89. The van der Waals surface area contributed by atoms with E-state index in [0.29, 0.717) is 12.1 Å². The van der Waals surface area contributed by atoms with Gasteiger partial charge >= 0.3 is 12.7 Å². The van der Waals surface area contributed by atoms with E-state index in [9.17, 15) is 31.1 Å². The molecule has 1 N–H and O–H groups in total. The van der Waals surface area contributed by atoms with Gasteiger partial charge in [-0.3, -0.25) is 14.3 Å². The van der Waals surface area contributed by atoms with Crippen molar-refractivity contribution in [3.63, 3.8) is 0 Å². The number of nitrogens with one attached hydrogen (secondary N) is 1. The van der Waals surface area contributed by atoms with Crippen LogP contribution in [-0.4, -0.2) is 53.7 Å². The number of aromatic nitrogens is 2. The first-order chi connectivity index (χ1) is 15.4. The van der Waals surface area contributed by atoms with Crippen LogP contribution in [0.3, 0.4) is 0 Å². The molecule has 0 unspecified atom stereocenters. The van der Waals surface area contributed by atoms with Gasteiger partial charge in [0, 0.05) is 24.5 Å². The van der Waals surface area contributed by atoms with E-state index in [4.69, 9.17) is 9.15 Å². The van der Waals surface area contributed by atoms with E-state index in [1.165, 1.54) is 0 Å². The van der Waals surface area contributed by atoms with E-state index in [1.54, 1.807) is 0 Å². The summed E-state index contributed by atoms with van der Waals surface area (Å²) in [6.07, 6.45) is -10.4. The molecule has 0 spiro atoms. The minimum absolute atomic E-state index is 0.0529. The van der Waals surface area contributed by atoms with Crippen LogP contribution in [0.15, 0.2) is 16.7 Å². The number of carbonyl (C=O) groups excluding carboxylic acids is 1. The highest BCUT2D eigenvalue weighted by atomic mass is 19.4. The maximum absolute atomic E-state index is 12.2. The summed E-state index contributed by atoms with van der Waals surface area (Å²) in [5.74, 6) is -0.315. The van der Waals surface area contributed by atoms with Crippen LogP contribution in [0.5, 0.6) is 0 Å². The summed E-state index contributed by atoms with van der Waals surface area (Å²) in [5.41, 5.74) is 0.343. The molecule has 2 aliphatic rings. The van der Waals surface area contributed by atoms with Crippen molar-refractivity contribution < 1.29 is 49.8 Å². The van der Waals surface area contributed by atoms with Gasteiger partial charge in [0.1, 0.15) is 6.61 Å². The molecular formula is C19H23F6N3O5. The standard InChI is InChI=1S/C19H23F6N3O5/c1-10(26-15(29)9-30-12-3-4-13(8-12)32-18(20,21)22)2-5-16-27-28-17(31-16)11-6-14(7-11)33-19(23,24)25/h11-14H,1-9H2,(H,26,29)/t11-,12-,13+,14+/m1/s1. The molecule has 2 fully saturated rings. The second-order valence-electron chi connectivity index (χ2n) is 7.97. The molecule has 1 aromatic rings. The highest BCUT2D eigenvalue weighted by Gasteiger charge is 2.42. The SMILES string of the molecule is C=C(CCc1nnc([C@H]2C[C@@H](OC(F)(F)F)C2)o1)NC(=O)CO[C@@H]1CC[C@H](OC(F)(F)F)C1. The van der Waals surface area contributed by atoms with Crippen LogP contribution in [0.4, 0.5) is 26.3 Å². The summed E-state index contributed by atoms with van der Waals surface area (Å²) in [7, 11) is 0. The van der Waals surface area contributed by atoms with Crippen molar-refractivity contribution in [2.24, 2.45) is 0 Å². The maximum atomic E-state index is 12.2. The van der Waals surface area contributed by atoms with Gasteiger partial charge in [-0.15, -0.1) is 36.5 Å². The van der Waals surface area contributed by atoms with E-state index in [1.807, 2.05) is 0 Å². The second kappa shape index (κ2) is 10.4. The Bertz CT molecular complexity index is 822. The normalized spacial score (nSPS) is 25.6. The largest absolute Gasteiger partial charge is 0.522 e. The van der Waals surface area contributed by atoms with E-state index in [-0.39, 0.29) is 62.8 Å². The number of halogens is 6. The first-order valence-electron chi connectivity index (χ1n) is 10.3. The zero-order chi connectivity index (χ0) is 24.2. The Labute approximate surface area is 184 Å². The molecule has 0 aliphatic heterocycles. The lowest BCUT2D eigenvalue weighted by Crippen LogP contribution is -2.34. The first kappa shape index (κ1) is 25.4. The van der Waals surface area contributed by atoms with Crippen molar-refractivity contribution in [1.29, 1.82) is 0 Å². The van der Waals surface area contributed by atoms with E-state index >= 15 is 0 Å². The molecule has 3 rings (SSSR count). The van der Waals surface area contributed by atoms with Gasteiger partial charge in [-0.25, -0.2) is 0 Å². The Kier molecular flexibility index (Phi) is 8.00. The van der Waals surface area contributed by atoms with Crippen molar-refractivity contribution in [3.05, 3.63) is 24.1 Å². The Hall–Kier alpha value is -2.19. The van der Waals surface area contributed by atoms with Crippen molar-refractivity contribution in [2.75, 3.05) is 6.61 Å². The Balaban J connectivity index is 1.30. The summed E-state index contributed by atoms with van der Waals surface area (Å²) in [6.45, 7) is 3.37. The van der Waals surface area contributed by atoms with Crippen molar-refractivity contribution >= 4 is 5.91 Å². The third-order valence-corrected chi connectivity index (χ3v) is 5.27. The van der Waals surface area contributed by atoms with Crippen LogP contribution in [0, 0.1) is 0 Å². The highest BCUT2D eigenvalue weighted by Crippen LogP contribution is 2.40. The summed E-state index contributed by atoms with van der Waals surface area (Å²) in [5, 5.41) is 10.2. The third-order valence-electron chi connectivity index (χ3n) is 5.27. The van der Waals surface area contributed by atoms with Gasteiger partial charge < -0.3 is 14.5 Å². The zero-order valence-corrected chi connectivity index (χ0v) is 17.4. The van der Waals surface area contributed by atoms with Gasteiger partial charge in [-0.05, 0) is 32.1 Å². The fraction of sp³-hybridized carbons (Fsp3) is 0.737. The topological polar surface area (TPSA) is 95.7 Å². The number of allylic oxidation sites excluding steroid dienone is 1. The lowest BCUT2D eigenvalue weighted by Gasteiger charge is -2.32. The van der Waals surface area contributed by atoms with Gasteiger partial charge in [0.15, 0.2) is 0 Å². The van der Waals surface area contributed by atoms with Crippen LogP contribution in [0.25, 0.3) is 0 Å². The summed E-state index contributed by atoms with van der Waals surface area (Å²) < 4.78 is 91.8. The number of aryl methyl sites for hydroxylation is 1. The number of nitrogens with zero attached hydrogens (tertiary/aromatic N) is 2. The molecule has 2 aliphatic carbocycles. The molecule has 1 amide bonds. The number of amides is 1. The lowest BCUT2D eigenvalue weighted by atomic mass is 9.82. The Morgan fingerprint density at radius 1 is 1.00 bits per heavy atom. The van der Waals surface area contributed by atoms with Gasteiger partial charge in [0.2, 0.25) is 17.7 Å². The summed E-state index contributed by atoms with van der Waals surface area (Å²) in [6, 6.07) is 0. The first-order valence-corrected chi connectivity index (χ1v) is 10.3. The monoisotopic (exact) mass is 487 g/mol. The number of hydrogen-bond acceptors (Lipinski definition) is 7. The fourth-order valence-electron chi connectivity index (χ4n) is 3.68. The highest BCUT2D eigenvalue weighted by molar-refractivity contribution is 5.78. The predicted molar refractivity (Wildman–Crippen MR) is 97.3 cm³/mol. The molecule has 2 saturated carbocycles. The summed E-state index contributed by atoms with van der Waals surface area (Å²) in [4.78, 5) is 11.9. The third kappa shape index (κ3) is 8.59. The number of alkyl halides is 6. The molecule has 0 radical (unpaired) electrons. The number of ether oxygens (including phenoxy) is 3. The van der Waals surface area contributed by atoms with Crippen LogP contribution < -0.4 is 5.32 Å². The number of rotatable bonds is 10. The average molecular weight is 487 g/mol. The van der Waals surface area contributed by atoms with E-state index in [0.717, 1.165) is 0 Å². The summed E-state index contributed by atoms with van der Waals surface area (Å²) >= 11 is 0. The molecule has 33 heavy (non-hydrogen) atoms. The van der Waals surface area contributed by atoms with Crippen molar-refractivity contribution in [1.82, 2.24) is 15.5 Å². The molecular weight excluding hydrogens is 464 g/mol. The van der Waals surface area contributed by atoms with Gasteiger partial charge in [-0.2, -0.15) is 0 Å². The molecule has 1 heterocycles. The van der Waals surface area contributed by atoms with Gasteiger partial charge in [0.25, 0.3) is 0 Å². The minimum atomic E-state index is -4.70. The molecule has 14 heteroatoms. The zero-order valence-electron chi connectivity index (χ0n) is 17.4. The molecule has 2 atom stereocenters. The van der Waals surface area contributed by atoms with E-state index < -0.39 is 36.9 Å². The van der Waals surface area contributed by atoms with E-state index in [2.05, 4.69) is 31.6 Å². The maximum Gasteiger partial charge on any atom is 0.522 e.